The maximum absolute atomic E-state index is 13.4. The highest BCUT2D eigenvalue weighted by Gasteiger charge is 2.62. The Kier molecular flexibility index (Phi) is 7.94. The summed E-state index contributed by atoms with van der Waals surface area (Å²) in [5, 5.41) is 13.4. The van der Waals surface area contributed by atoms with Crippen LogP contribution in [0.15, 0.2) is 47.1 Å². The average Bonchev–Trinajstić information content (AvgIpc) is 3.39. The minimum absolute atomic E-state index is 0.173. The van der Waals surface area contributed by atoms with Crippen molar-refractivity contribution in [1.29, 1.82) is 0 Å². The zero-order valence-corrected chi connectivity index (χ0v) is 24.9. The van der Waals surface area contributed by atoms with Crippen LogP contribution in [0.1, 0.15) is 82.1 Å². The number of hydrogen-bond donors (Lipinski definition) is 0. The Balaban J connectivity index is 1.49. The number of hydrogen-bond acceptors (Lipinski definition) is 6. The Morgan fingerprint density at radius 3 is 2.29 bits per heavy atom. The molecule has 0 spiro atoms. The standard InChI is InChI=1S/C31H47NO6/c1-20(16-21(2)17-22-18-28(3,4)13-14-29(22,5)6)12-11-15-32(33)24-25(23-19-34-30(7,8)36-23)35-27-26(24)37-31(9,10)38-27/h11-12,15-18,23-27H,13-14,19H2,1-10H3/b12-11-,20-16+,21-17-,32-15?/t23-,24+,25-,26+,27-/m0/s1. The van der Waals surface area contributed by atoms with Gasteiger partial charge in [0.1, 0.15) is 6.10 Å². The van der Waals surface area contributed by atoms with E-state index in [1.54, 1.807) is 6.08 Å². The molecule has 4 rings (SSSR count). The van der Waals surface area contributed by atoms with Gasteiger partial charge in [0.25, 0.3) is 0 Å². The van der Waals surface area contributed by atoms with Crippen molar-refractivity contribution >= 4 is 6.21 Å². The van der Waals surface area contributed by atoms with Gasteiger partial charge in [-0.15, -0.1) is 0 Å². The van der Waals surface area contributed by atoms with Gasteiger partial charge in [-0.05, 0) is 70.8 Å². The Bertz CT molecular complexity index is 1060. The number of allylic oxidation sites excluding steroid dienone is 8. The fourth-order valence-corrected chi connectivity index (χ4v) is 5.77. The Morgan fingerprint density at radius 1 is 0.921 bits per heavy atom. The van der Waals surface area contributed by atoms with E-state index in [2.05, 4.69) is 52.8 Å². The lowest BCUT2D eigenvalue weighted by atomic mass is 9.67. The summed E-state index contributed by atoms with van der Waals surface area (Å²) in [6, 6.07) is -0.622. The third-order valence-corrected chi connectivity index (χ3v) is 7.90. The smallest absolute Gasteiger partial charge is 0.222 e. The van der Waals surface area contributed by atoms with Crippen molar-refractivity contribution in [3.05, 3.63) is 52.3 Å². The summed E-state index contributed by atoms with van der Waals surface area (Å²) in [7, 11) is 0. The van der Waals surface area contributed by atoms with Crippen LogP contribution in [0.2, 0.25) is 0 Å². The highest BCUT2D eigenvalue weighted by Crippen LogP contribution is 2.45. The van der Waals surface area contributed by atoms with E-state index in [1.807, 2.05) is 40.7 Å². The fourth-order valence-electron chi connectivity index (χ4n) is 5.77. The van der Waals surface area contributed by atoms with E-state index in [0.29, 0.717) is 6.61 Å². The molecule has 1 aliphatic carbocycles. The van der Waals surface area contributed by atoms with Crippen molar-refractivity contribution in [2.24, 2.45) is 10.8 Å². The van der Waals surface area contributed by atoms with Crippen LogP contribution in [-0.4, -0.2) is 59.8 Å². The van der Waals surface area contributed by atoms with Gasteiger partial charge in [0.05, 0.1) is 6.61 Å². The van der Waals surface area contributed by atoms with Crippen molar-refractivity contribution in [2.75, 3.05) is 6.61 Å². The number of ether oxygens (including phenoxy) is 5. The van der Waals surface area contributed by atoms with Crippen LogP contribution in [0.25, 0.3) is 0 Å². The van der Waals surface area contributed by atoms with Gasteiger partial charge in [0.2, 0.25) is 6.04 Å². The Morgan fingerprint density at radius 2 is 1.63 bits per heavy atom. The van der Waals surface area contributed by atoms with E-state index in [1.165, 1.54) is 30.2 Å². The first-order chi connectivity index (χ1) is 17.5. The molecule has 0 radical (unpaired) electrons. The lowest BCUT2D eigenvalue weighted by molar-refractivity contribution is -0.516. The summed E-state index contributed by atoms with van der Waals surface area (Å²) in [4.78, 5) is 0. The molecule has 7 heteroatoms. The first kappa shape index (κ1) is 29.2. The number of fused-ring (bicyclic) bond motifs is 1. The van der Waals surface area contributed by atoms with Gasteiger partial charge in [-0.1, -0.05) is 63.1 Å². The Labute approximate surface area is 228 Å². The lowest BCUT2D eigenvalue weighted by Crippen LogP contribution is -2.47. The number of nitrogens with zero attached hydrogens (tertiary/aromatic N) is 1. The summed E-state index contributed by atoms with van der Waals surface area (Å²) >= 11 is 0. The van der Waals surface area contributed by atoms with Crippen LogP contribution in [0, 0.1) is 16.0 Å². The lowest BCUT2D eigenvalue weighted by Gasteiger charge is -2.38. The molecule has 0 aromatic rings. The van der Waals surface area contributed by atoms with Crippen LogP contribution < -0.4 is 0 Å². The van der Waals surface area contributed by atoms with Crippen LogP contribution in [0.3, 0.4) is 0 Å². The topological polar surface area (TPSA) is 72.2 Å². The first-order valence-corrected chi connectivity index (χ1v) is 13.9. The predicted octanol–water partition coefficient (Wildman–Crippen LogP) is 6.19. The van der Waals surface area contributed by atoms with Crippen LogP contribution in [0.5, 0.6) is 0 Å². The molecule has 4 aliphatic rings. The van der Waals surface area contributed by atoms with Gasteiger partial charge in [0.15, 0.2) is 36.3 Å². The molecule has 0 unspecified atom stereocenters. The highest BCUT2D eigenvalue weighted by atomic mass is 16.8. The molecule has 5 atom stereocenters. The zero-order valence-electron chi connectivity index (χ0n) is 24.9. The van der Waals surface area contributed by atoms with Gasteiger partial charge in [-0.2, -0.15) is 0 Å². The summed E-state index contributed by atoms with van der Waals surface area (Å²) in [5.41, 5.74) is 4.04. The molecule has 3 heterocycles. The SMILES string of the molecule is CC(=C/C1=CC(C)(C)CCC1(C)C)/C=C(C)/C=C\C=[N+]([O-])[C@@H]1[C@H]([C@@H]2COC(C)(C)O2)O[C@H]2OC(C)(C)O[C@@H]21. The van der Waals surface area contributed by atoms with Gasteiger partial charge in [-0.3, -0.25) is 0 Å². The normalized spacial score (nSPS) is 36.5. The second-order valence-electron chi connectivity index (χ2n) is 13.5. The van der Waals surface area contributed by atoms with Crippen molar-refractivity contribution < 1.29 is 28.4 Å². The largest absolute Gasteiger partial charge is 0.623 e. The Hall–Kier alpha value is -1.77. The maximum Gasteiger partial charge on any atom is 0.222 e. The van der Waals surface area contributed by atoms with E-state index >= 15 is 0 Å². The molecular formula is C31H47NO6. The van der Waals surface area contributed by atoms with Gasteiger partial charge in [-0.25, -0.2) is 4.74 Å². The first-order valence-electron chi connectivity index (χ1n) is 13.9. The molecule has 3 saturated heterocycles. The monoisotopic (exact) mass is 529 g/mol. The molecule has 0 aromatic heterocycles. The second-order valence-corrected chi connectivity index (χ2v) is 13.5. The van der Waals surface area contributed by atoms with Crippen molar-refractivity contribution in [1.82, 2.24) is 0 Å². The summed E-state index contributed by atoms with van der Waals surface area (Å²) in [5.74, 6) is -1.54. The molecular weight excluding hydrogens is 482 g/mol. The molecule has 0 N–H and O–H groups in total. The third-order valence-electron chi connectivity index (χ3n) is 7.90. The van der Waals surface area contributed by atoms with Crippen molar-refractivity contribution in [3.8, 4) is 0 Å². The van der Waals surface area contributed by atoms with E-state index in [9.17, 15) is 5.21 Å². The fraction of sp³-hybridized carbons (Fsp3) is 0.710. The van der Waals surface area contributed by atoms with E-state index in [4.69, 9.17) is 23.7 Å². The number of rotatable bonds is 6. The van der Waals surface area contributed by atoms with E-state index < -0.39 is 36.1 Å². The van der Waals surface area contributed by atoms with Crippen molar-refractivity contribution in [2.45, 2.75) is 124 Å². The minimum atomic E-state index is -0.817. The van der Waals surface area contributed by atoms with E-state index in [-0.39, 0.29) is 16.9 Å². The molecule has 0 bridgehead atoms. The maximum atomic E-state index is 13.4. The molecule has 38 heavy (non-hydrogen) atoms. The van der Waals surface area contributed by atoms with Gasteiger partial charge in [0, 0.05) is 6.08 Å². The van der Waals surface area contributed by atoms with Crippen LogP contribution >= 0.6 is 0 Å². The molecule has 0 saturated carbocycles. The van der Waals surface area contributed by atoms with Crippen molar-refractivity contribution in [3.63, 3.8) is 0 Å². The number of hydroxylamine groups is 1. The molecule has 212 valence electrons. The average molecular weight is 530 g/mol. The predicted molar refractivity (Wildman–Crippen MR) is 149 cm³/mol. The highest BCUT2D eigenvalue weighted by molar-refractivity contribution is 5.67. The minimum Gasteiger partial charge on any atom is -0.623 e. The summed E-state index contributed by atoms with van der Waals surface area (Å²) in [6.07, 6.45) is 12.4. The third kappa shape index (κ3) is 6.68. The molecule has 3 aliphatic heterocycles. The zero-order chi connectivity index (χ0) is 28.1. The molecule has 0 amide bonds. The molecule has 7 nitrogen and oxygen atoms in total. The van der Waals surface area contributed by atoms with Gasteiger partial charge >= 0.3 is 0 Å². The summed E-state index contributed by atoms with van der Waals surface area (Å²) < 4.78 is 30.8. The van der Waals surface area contributed by atoms with Gasteiger partial charge < -0.3 is 28.9 Å². The van der Waals surface area contributed by atoms with E-state index in [0.717, 1.165) is 10.3 Å². The van der Waals surface area contributed by atoms with Crippen LogP contribution in [-0.2, 0) is 23.7 Å². The molecule has 3 fully saturated rings. The molecule has 0 aromatic carbocycles. The second kappa shape index (κ2) is 10.3. The quantitative estimate of drug-likeness (QED) is 0.134. The van der Waals surface area contributed by atoms with Crippen LogP contribution in [0.4, 0.5) is 0 Å². The summed E-state index contributed by atoms with van der Waals surface area (Å²) in [6.45, 7) is 21.1.